The first kappa shape index (κ1) is 16.5. The van der Waals surface area contributed by atoms with Crippen LogP contribution in [0.1, 0.15) is 21.5 Å². The van der Waals surface area contributed by atoms with E-state index in [-0.39, 0.29) is 17.1 Å². The Hall–Kier alpha value is -2.40. The molecule has 0 aliphatic rings. The Morgan fingerprint density at radius 2 is 1.92 bits per heavy atom. The second kappa shape index (κ2) is 6.61. The van der Waals surface area contributed by atoms with Crippen LogP contribution in [0.25, 0.3) is 10.9 Å². The van der Waals surface area contributed by atoms with Crippen molar-refractivity contribution in [1.29, 1.82) is 0 Å². The fourth-order valence-corrected chi connectivity index (χ4v) is 3.43. The molecule has 0 bridgehead atoms. The molecule has 0 radical (unpaired) electrons. The van der Waals surface area contributed by atoms with Crippen LogP contribution < -0.4 is 5.56 Å². The third-order valence-electron chi connectivity index (χ3n) is 3.97. The van der Waals surface area contributed by atoms with Gasteiger partial charge in [0.25, 0.3) is 5.56 Å². The first-order valence-electron chi connectivity index (χ1n) is 7.66. The molecule has 0 saturated heterocycles. The van der Waals surface area contributed by atoms with Crippen LogP contribution in [0.15, 0.2) is 52.4 Å². The first-order valence-corrected chi connectivity index (χ1v) is 8.65. The Bertz CT molecular complexity index is 992. The normalized spacial score (nSPS) is 11.0. The van der Waals surface area contributed by atoms with Crippen LogP contribution in [-0.4, -0.2) is 21.1 Å². The molecule has 1 heterocycles. The van der Waals surface area contributed by atoms with Gasteiger partial charge in [0.05, 0.1) is 16.7 Å². The maximum atomic E-state index is 12.5. The molecule has 122 valence electrons. The molecule has 0 unspecified atom stereocenters. The highest BCUT2D eigenvalue weighted by molar-refractivity contribution is 7.99. The van der Waals surface area contributed by atoms with E-state index in [2.05, 4.69) is 4.98 Å². The number of hydrogen-bond acceptors (Lipinski definition) is 4. The number of carbonyl (C=O) groups excluding carboxylic acids is 1. The van der Waals surface area contributed by atoms with Gasteiger partial charge in [-0.05, 0) is 37.6 Å². The monoisotopic (exact) mass is 338 g/mol. The van der Waals surface area contributed by atoms with E-state index >= 15 is 0 Å². The molecule has 0 aliphatic carbocycles. The topological polar surface area (TPSA) is 52.0 Å². The van der Waals surface area contributed by atoms with Gasteiger partial charge in [-0.2, -0.15) is 0 Å². The lowest BCUT2D eigenvalue weighted by Gasteiger charge is -2.09. The number of hydrogen-bond donors (Lipinski definition) is 0. The molecule has 5 heteroatoms. The van der Waals surface area contributed by atoms with E-state index in [4.69, 9.17) is 0 Å². The summed E-state index contributed by atoms with van der Waals surface area (Å²) in [6.07, 6.45) is 0. The molecule has 0 spiro atoms. The Morgan fingerprint density at radius 3 is 2.71 bits per heavy atom. The third kappa shape index (κ3) is 3.12. The van der Waals surface area contributed by atoms with E-state index in [1.165, 1.54) is 16.3 Å². The van der Waals surface area contributed by atoms with E-state index in [9.17, 15) is 9.59 Å². The van der Waals surface area contributed by atoms with Crippen LogP contribution in [0.4, 0.5) is 0 Å². The van der Waals surface area contributed by atoms with Crippen molar-refractivity contribution in [2.24, 2.45) is 7.05 Å². The highest BCUT2D eigenvalue weighted by Gasteiger charge is 2.13. The van der Waals surface area contributed by atoms with Crippen molar-refractivity contribution in [3.8, 4) is 0 Å². The molecule has 24 heavy (non-hydrogen) atoms. The SMILES string of the molecule is Cc1ccc(C)c(C(=O)CSc2nc3ccccc3c(=O)n2C)c1. The number of thioether (sulfide) groups is 1. The maximum absolute atomic E-state index is 12.5. The van der Waals surface area contributed by atoms with Crippen molar-refractivity contribution < 1.29 is 4.79 Å². The van der Waals surface area contributed by atoms with Gasteiger partial charge >= 0.3 is 0 Å². The van der Waals surface area contributed by atoms with Crippen molar-refractivity contribution in [1.82, 2.24) is 9.55 Å². The van der Waals surface area contributed by atoms with Crippen molar-refractivity contribution in [3.05, 3.63) is 69.5 Å². The molecule has 0 saturated carbocycles. The maximum Gasteiger partial charge on any atom is 0.261 e. The number of aromatic nitrogens is 2. The van der Waals surface area contributed by atoms with Crippen molar-refractivity contribution >= 4 is 28.4 Å². The van der Waals surface area contributed by atoms with Crippen LogP contribution in [0, 0.1) is 13.8 Å². The number of para-hydroxylation sites is 1. The van der Waals surface area contributed by atoms with Gasteiger partial charge in [0.15, 0.2) is 10.9 Å². The lowest BCUT2D eigenvalue weighted by molar-refractivity contribution is 0.102. The summed E-state index contributed by atoms with van der Waals surface area (Å²) in [5.74, 6) is 0.298. The molecule has 2 aromatic carbocycles. The van der Waals surface area contributed by atoms with Gasteiger partial charge in [-0.25, -0.2) is 4.98 Å². The van der Waals surface area contributed by atoms with Gasteiger partial charge in [-0.15, -0.1) is 0 Å². The Labute approximate surface area is 144 Å². The second-order valence-electron chi connectivity index (χ2n) is 5.81. The summed E-state index contributed by atoms with van der Waals surface area (Å²) in [4.78, 5) is 29.4. The molecular formula is C19H18N2O2S. The summed E-state index contributed by atoms with van der Waals surface area (Å²) in [5, 5.41) is 1.14. The molecule has 0 N–H and O–H groups in total. The molecular weight excluding hydrogens is 320 g/mol. The number of fused-ring (bicyclic) bond motifs is 1. The van der Waals surface area contributed by atoms with Gasteiger partial charge in [0.1, 0.15) is 0 Å². The molecule has 3 rings (SSSR count). The van der Waals surface area contributed by atoms with E-state index < -0.39 is 0 Å². The number of rotatable bonds is 4. The minimum atomic E-state index is -0.0951. The largest absolute Gasteiger partial charge is 0.293 e. The average Bonchev–Trinajstić information content (AvgIpc) is 2.58. The summed E-state index contributed by atoms with van der Waals surface area (Å²) < 4.78 is 1.50. The predicted molar refractivity (Wildman–Crippen MR) is 98.0 cm³/mol. The standard InChI is InChI=1S/C19H18N2O2S/c1-12-8-9-13(2)15(10-12)17(22)11-24-19-20-16-7-5-4-6-14(16)18(23)21(19)3/h4-10H,11H2,1-3H3. The summed E-state index contributed by atoms with van der Waals surface area (Å²) >= 11 is 1.30. The molecule has 4 nitrogen and oxygen atoms in total. The van der Waals surface area contributed by atoms with Crippen molar-refractivity contribution in [2.45, 2.75) is 19.0 Å². The zero-order chi connectivity index (χ0) is 17.3. The number of nitrogens with zero attached hydrogens (tertiary/aromatic N) is 2. The highest BCUT2D eigenvalue weighted by Crippen LogP contribution is 2.20. The fraction of sp³-hybridized carbons (Fsp3) is 0.211. The number of benzene rings is 2. The Balaban J connectivity index is 1.88. The minimum absolute atomic E-state index is 0.0450. The van der Waals surface area contributed by atoms with E-state index in [1.54, 1.807) is 13.1 Å². The highest BCUT2D eigenvalue weighted by atomic mass is 32.2. The van der Waals surface area contributed by atoms with Gasteiger partial charge in [0, 0.05) is 12.6 Å². The third-order valence-corrected chi connectivity index (χ3v) is 5.00. The summed E-state index contributed by atoms with van der Waals surface area (Å²) in [5.41, 5.74) is 3.31. The van der Waals surface area contributed by atoms with Crippen molar-refractivity contribution in [3.63, 3.8) is 0 Å². The lowest BCUT2D eigenvalue weighted by atomic mass is 10.0. The molecule has 0 amide bonds. The van der Waals surface area contributed by atoms with Crippen LogP contribution in [0.5, 0.6) is 0 Å². The number of carbonyl (C=O) groups is 1. The van der Waals surface area contributed by atoms with Gasteiger partial charge in [-0.1, -0.05) is 41.6 Å². The molecule has 0 atom stereocenters. The van der Waals surface area contributed by atoms with Crippen LogP contribution in [-0.2, 0) is 7.05 Å². The van der Waals surface area contributed by atoms with Gasteiger partial charge in [-0.3, -0.25) is 14.2 Å². The molecule has 0 fully saturated rings. The second-order valence-corrected chi connectivity index (χ2v) is 6.75. The average molecular weight is 338 g/mol. The Morgan fingerprint density at radius 1 is 1.17 bits per heavy atom. The minimum Gasteiger partial charge on any atom is -0.293 e. The smallest absolute Gasteiger partial charge is 0.261 e. The quantitative estimate of drug-likeness (QED) is 0.415. The number of ketones is 1. The first-order chi connectivity index (χ1) is 11.5. The predicted octanol–water partition coefficient (Wildman–Crippen LogP) is 3.53. The number of Topliss-reactive ketones (excluding diaryl/α,β-unsaturated/α-hetero) is 1. The number of aryl methyl sites for hydroxylation is 2. The molecule has 1 aromatic heterocycles. The zero-order valence-corrected chi connectivity index (χ0v) is 14.7. The van der Waals surface area contributed by atoms with Crippen LogP contribution >= 0.6 is 11.8 Å². The summed E-state index contributed by atoms with van der Waals surface area (Å²) in [6.45, 7) is 3.90. The zero-order valence-electron chi connectivity index (χ0n) is 13.9. The summed E-state index contributed by atoms with van der Waals surface area (Å²) in [7, 11) is 1.69. The fourth-order valence-electron chi connectivity index (χ4n) is 2.57. The van der Waals surface area contributed by atoms with Crippen molar-refractivity contribution in [2.75, 3.05) is 5.75 Å². The van der Waals surface area contributed by atoms with E-state index in [1.807, 2.05) is 50.2 Å². The molecule has 3 aromatic rings. The van der Waals surface area contributed by atoms with Crippen LogP contribution in [0.2, 0.25) is 0 Å². The summed E-state index contributed by atoms with van der Waals surface area (Å²) in [6, 6.07) is 13.1. The lowest BCUT2D eigenvalue weighted by Crippen LogP contribution is -2.20. The van der Waals surface area contributed by atoms with E-state index in [0.29, 0.717) is 16.1 Å². The van der Waals surface area contributed by atoms with E-state index in [0.717, 1.165) is 16.7 Å². The van der Waals surface area contributed by atoms with Gasteiger partial charge in [0.2, 0.25) is 0 Å². The molecule has 0 aliphatic heterocycles. The van der Waals surface area contributed by atoms with Gasteiger partial charge < -0.3 is 0 Å². The van der Waals surface area contributed by atoms with Crippen LogP contribution in [0.3, 0.4) is 0 Å². The Kier molecular flexibility index (Phi) is 4.53.